The van der Waals surface area contributed by atoms with Gasteiger partial charge in [0, 0.05) is 0 Å². The molecule has 0 heterocycles. The summed E-state index contributed by atoms with van der Waals surface area (Å²) in [5, 5.41) is 30.0. The molecule has 0 aliphatic heterocycles. The minimum Gasteiger partial charge on any atom is -0.481 e. The molecule has 0 rings (SSSR count). The van der Waals surface area contributed by atoms with Gasteiger partial charge >= 0.3 is 17.9 Å². The van der Waals surface area contributed by atoms with Gasteiger partial charge in [-0.05, 0) is 6.92 Å². The number of nitrogens with two attached hydrogens (primary N) is 1. The smallest absolute Gasteiger partial charge is 0.326 e. The molecule has 0 aliphatic carbocycles. The predicted molar refractivity (Wildman–Crippen MR) is 69.7 cm³/mol. The first kappa shape index (κ1) is 19.3. The van der Waals surface area contributed by atoms with Crippen LogP contribution in [0.25, 0.3) is 0 Å². The van der Waals surface area contributed by atoms with Crippen molar-refractivity contribution in [1.29, 1.82) is 0 Å². The Morgan fingerprint density at radius 3 is 1.64 bits per heavy atom. The van der Waals surface area contributed by atoms with Crippen molar-refractivity contribution in [1.82, 2.24) is 10.6 Å². The van der Waals surface area contributed by atoms with E-state index in [1.54, 1.807) is 0 Å². The molecule has 0 radical (unpaired) electrons. The summed E-state index contributed by atoms with van der Waals surface area (Å²) in [4.78, 5) is 55.3. The van der Waals surface area contributed by atoms with E-state index in [1.807, 2.05) is 10.6 Å². The van der Waals surface area contributed by atoms with Gasteiger partial charge in [0.05, 0.1) is 18.9 Å². The molecule has 22 heavy (non-hydrogen) atoms. The fraction of sp³-hybridized carbons (Fsp3) is 0.545. The van der Waals surface area contributed by atoms with E-state index < -0.39 is 60.7 Å². The second kappa shape index (κ2) is 8.56. The molecule has 0 fully saturated rings. The SMILES string of the molecule is CC(N)C(=O)NC(CC(=O)O)C(=O)NC(CC(=O)O)C(=O)O. The number of amides is 2. The van der Waals surface area contributed by atoms with Gasteiger partial charge in [-0.3, -0.25) is 19.2 Å². The van der Waals surface area contributed by atoms with Crippen molar-refractivity contribution in [2.75, 3.05) is 0 Å². The van der Waals surface area contributed by atoms with Crippen LogP contribution in [0, 0.1) is 0 Å². The minimum atomic E-state index is -1.76. The van der Waals surface area contributed by atoms with E-state index in [0.717, 1.165) is 0 Å². The Morgan fingerprint density at radius 2 is 1.27 bits per heavy atom. The largest absolute Gasteiger partial charge is 0.481 e. The average Bonchev–Trinajstić information content (AvgIpc) is 2.35. The third-order valence-corrected chi connectivity index (χ3v) is 2.42. The van der Waals surface area contributed by atoms with Crippen LogP contribution in [-0.2, 0) is 24.0 Å². The Kier molecular flexibility index (Phi) is 7.52. The van der Waals surface area contributed by atoms with Crippen molar-refractivity contribution in [3.8, 4) is 0 Å². The highest BCUT2D eigenvalue weighted by Crippen LogP contribution is 1.99. The Labute approximate surface area is 124 Å². The summed E-state index contributed by atoms with van der Waals surface area (Å²) in [6, 6.07) is -4.35. The van der Waals surface area contributed by atoms with Gasteiger partial charge in [-0.2, -0.15) is 0 Å². The topological polar surface area (TPSA) is 196 Å². The van der Waals surface area contributed by atoms with Crippen molar-refractivity contribution >= 4 is 29.7 Å². The van der Waals surface area contributed by atoms with Gasteiger partial charge in [0.1, 0.15) is 12.1 Å². The molecule has 2 amide bonds. The summed E-state index contributed by atoms with van der Waals surface area (Å²) in [6.07, 6.45) is -1.72. The van der Waals surface area contributed by atoms with E-state index >= 15 is 0 Å². The van der Waals surface area contributed by atoms with Gasteiger partial charge in [-0.25, -0.2) is 4.79 Å². The van der Waals surface area contributed by atoms with Crippen LogP contribution in [0.4, 0.5) is 0 Å². The van der Waals surface area contributed by atoms with Crippen LogP contribution in [0.2, 0.25) is 0 Å². The zero-order valence-electron chi connectivity index (χ0n) is 11.6. The average molecular weight is 319 g/mol. The molecule has 0 saturated carbocycles. The quantitative estimate of drug-likeness (QED) is 0.262. The van der Waals surface area contributed by atoms with E-state index in [4.69, 9.17) is 21.1 Å². The molecule has 0 aromatic rings. The second-order valence-electron chi connectivity index (χ2n) is 4.44. The van der Waals surface area contributed by atoms with Crippen LogP contribution in [0.1, 0.15) is 19.8 Å². The fourth-order valence-corrected chi connectivity index (χ4v) is 1.33. The lowest BCUT2D eigenvalue weighted by atomic mass is 10.1. The summed E-state index contributed by atoms with van der Waals surface area (Å²) in [7, 11) is 0. The van der Waals surface area contributed by atoms with Gasteiger partial charge in [0.2, 0.25) is 11.8 Å². The maximum atomic E-state index is 11.8. The molecular weight excluding hydrogens is 302 g/mol. The van der Waals surface area contributed by atoms with E-state index in [9.17, 15) is 24.0 Å². The lowest BCUT2D eigenvalue weighted by molar-refractivity contribution is -0.148. The third-order valence-electron chi connectivity index (χ3n) is 2.42. The first-order chi connectivity index (χ1) is 10.0. The molecule has 0 saturated heterocycles. The zero-order chi connectivity index (χ0) is 17.4. The monoisotopic (exact) mass is 319 g/mol. The molecule has 0 spiro atoms. The van der Waals surface area contributed by atoms with Gasteiger partial charge < -0.3 is 31.7 Å². The number of hydrogen-bond acceptors (Lipinski definition) is 6. The van der Waals surface area contributed by atoms with Crippen molar-refractivity contribution in [2.45, 2.75) is 37.9 Å². The summed E-state index contributed by atoms with van der Waals surface area (Å²) in [5.41, 5.74) is 5.27. The molecular formula is C11H17N3O8. The number of aliphatic carboxylic acids is 3. The fourth-order valence-electron chi connectivity index (χ4n) is 1.33. The Hall–Kier alpha value is -2.69. The van der Waals surface area contributed by atoms with Crippen LogP contribution in [0.15, 0.2) is 0 Å². The zero-order valence-corrected chi connectivity index (χ0v) is 11.6. The van der Waals surface area contributed by atoms with Crippen molar-refractivity contribution in [3.63, 3.8) is 0 Å². The highest BCUT2D eigenvalue weighted by atomic mass is 16.4. The van der Waals surface area contributed by atoms with Crippen molar-refractivity contribution in [2.24, 2.45) is 5.73 Å². The molecule has 11 nitrogen and oxygen atoms in total. The lowest BCUT2D eigenvalue weighted by Gasteiger charge is -2.20. The molecule has 7 N–H and O–H groups in total. The normalized spacial score (nSPS) is 14.3. The van der Waals surface area contributed by atoms with E-state index in [0.29, 0.717) is 0 Å². The molecule has 0 aromatic heterocycles. The predicted octanol–water partition coefficient (Wildman–Crippen LogP) is -2.66. The van der Waals surface area contributed by atoms with Crippen LogP contribution < -0.4 is 16.4 Å². The Balaban J connectivity index is 5.00. The van der Waals surface area contributed by atoms with Crippen LogP contribution in [0.5, 0.6) is 0 Å². The third kappa shape index (κ3) is 7.19. The molecule has 3 unspecified atom stereocenters. The minimum absolute atomic E-state index is 0.813. The number of hydrogen-bond donors (Lipinski definition) is 6. The van der Waals surface area contributed by atoms with Crippen LogP contribution in [0.3, 0.4) is 0 Å². The van der Waals surface area contributed by atoms with Gasteiger partial charge in [-0.15, -0.1) is 0 Å². The maximum Gasteiger partial charge on any atom is 0.326 e. The van der Waals surface area contributed by atoms with Gasteiger partial charge in [0.25, 0.3) is 0 Å². The van der Waals surface area contributed by atoms with Gasteiger partial charge in [0.15, 0.2) is 0 Å². The number of carboxylic acids is 3. The van der Waals surface area contributed by atoms with E-state index in [1.165, 1.54) is 6.92 Å². The first-order valence-corrected chi connectivity index (χ1v) is 6.07. The number of rotatable bonds is 9. The number of carbonyl (C=O) groups is 5. The molecule has 3 atom stereocenters. The second-order valence-corrected chi connectivity index (χ2v) is 4.44. The number of nitrogens with one attached hydrogen (secondary N) is 2. The summed E-state index contributed by atoms with van der Waals surface area (Å²) >= 11 is 0. The van der Waals surface area contributed by atoms with E-state index in [-0.39, 0.29) is 0 Å². The number of carboxylic acid groups (broad SMARTS) is 3. The molecule has 0 aromatic carbocycles. The molecule has 124 valence electrons. The van der Waals surface area contributed by atoms with Gasteiger partial charge in [-0.1, -0.05) is 0 Å². The Morgan fingerprint density at radius 1 is 0.864 bits per heavy atom. The van der Waals surface area contributed by atoms with Crippen molar-refractivity contribution < 1.29 is 39.3 Å². The molecule has 11 heteroatoms. The molecule has 0 aliphatic rings. The molecule has 0 bridgehead atoms. The highest BCUT2D eigenvalue weighted by Gasteiger charge is 2.29. The maximum absolute atomic E-state index is 11.8. The highest BCUT2D eigenvalue weighted by molar-refractivity contribution is 5.94. The summed E-state index contributed by atoms with van der Waals surface area (Å²) in [6.45, 7) is 1.30. The van der Waals surface area contributed by atoms with E-state index in [2.05, 4.69) is 0 Å². The Bertz CT molecular complexity index is 476. The van der Waals surface area contributed by atoms with Crippen LogP contribution >= 0.6 is 0 Å². The summed E-state index contributed by atoms with van der Waals surface area (Å²) < 4.78 is 0. The van der Waals surface area contributed by atoms with Crippen molar-refractivity contribution in [3.05, 3.63) is 0 Å². The standard InChI is InChI=1S/C11H17N3O8/c1-4(12)9(19)13-5(2-7(15)16)10(20)14-6(11(21)22)3-8(17)18/h4-6H,2-3,12H2,1H3,(H,13,19)(H,14,20)(H,15,16)(H,17,18)(H,21,22). The summed E-state index contributed by atoms with van der Waals surface area (Å²) in [5.74, 6) is -6.45. The lowest BCUT2D eigenvalue weighted by Crippen LogP contribution is -2.54. The first-order valence-electron chi connectivity index (χ1n) is 6.07. The number of carbonyl (C=O) groups excluding carboxylic acids is 2. The van der Waals surface area contributed by atoms with Crippen LogP contribution in [-0.4, -0.2) is 63.2 Å².